The molecule has 4 heterocycles. The van der Waals surface area contributed by atoms with Crippen LogP contribution in [0, 0.1) is 13.8 Å². The molecular weight excluding hydrogens is 401 g/mol. The van der Waals surface area contributed by atoms with E-state index >= 15 is 0 Å². The summed E-state index contributed by atoms with van der Waals surface area (Å²) in [5.41, 5.74) is 0.622. The largest absolute Gasteiger partial charge is 0.433 e. The number of amides is 1. The molecule has 0 bridgehead atoms. The molecule has 3 aromatic rings. The van der Waals surface area contributed by atoms with Crippen LogP contribution in [0.3, 0.4) is 0 Å². The zero-order valence-corrected chi connectivity index (χ0v) is 16.3. The van der Waals surface area contributed by atoms with Crippen LogP contribution in [-0.4, -0.2) is 59.5 Å². The Morgan fingerprint density at radius 3 is 2.57 bits per heavy atom. The lowest BCUT2D eigenvalue weighted by Crippen LogP contribution is -2.42. The van der Waals surface area contributed by atoms with Gasteiger partial charge in [0, 0.05) is 36.6 Å². The van der Waals surface area contributed by atoms with E-state index in [1.165, 1.54) is 4.52 Å². The van der Waals surface area contributed by atoms with Crippen LogP contribution >= 0.6 is 0 Å². The summed E-state index contributed by atoms with van der Waals surface area (Å²) < 4.78 is 39.9. The number of carbonyl (C=O) groups excluding carboxylic acids is 1. The summed E-state index contributed by atoms with van der Waals surface area (Å²) in [6, 6.07) is 2.63. The number of anilines is 1. The molecule has 1 aliphatic heterocycles. The Balaban J connectivity index is 1.40. The Labute approximate surface area is 169 Å². The lowest BCUT2D eigenvalue weighted by Gasteiger charge is -2.32. The first kappa shape index (κ1) is 20.0. The molecule has 9 nitrogen and oxygen atoms in total. The molecule has 0 atom stereocenters. The number of carbonyl (C=O) groups is 1. The minimum Gasteiger partial charge on any atom is -0.367 e. The van der Waals surface area contributed by atoms with Crippen molar-refractivity contribution >= 4 is 17.5 Å². The highest BCUT2D eigenvalue weighted by Gasteiger charge is 2.33. The number of alkyl halides is 3. The quantitative estimate of drug-likeness (QED) is 0.694. The normalized spacial score (nSPS) is 15.6. The SMILES string of the molecule is Cc1cc(C)n2nc(C(=O)N3CCC(Nc4cc(C(F)(F)F)ncn4)CC3)nc2n1. The van der Waals surface area contributed by atoms with Crippen molar-refractivity contribution in [2.75, 3.05) is 18.4 Å². The maximum absolute atomic E-state index is 12.8. The van der Waals surface area contributed by atoms with Gasteiger partial charge in [0.05, 0.1) is 0 Å². The van der Waals surface area contributed by atoms with Crippen LogP contribution in [0.4, 0.5) is 19.0 Å². The number of nitrogens with zero attached hydrogens (tertiary/aromatic N) is 7. The number of aryl methyl sites for hydroxylation is 2. The fourth-order valence-electron chi connectivity index (χ4n) is 3.43. The standard InChI is InChI=1S/C18H19F3N8O/c1-10-7-11(2)29-17(24-10)26-15(27-29)16(30)28-5-3-12(4-6-28)25-14-8-13(18(19,20)21)22-9-23-14/h7-9,12H,3-6H2,1-2H3,(H,22,23,25). The summed E-state index contributed by atoms with van der Waals surface area (Å²) >= 11 is 0. The van der Waals surface area contributed by atoms with Gasteiger partial charge in [-0.2, -0.15) is 18.2 Å². The molecule has 1 fully saturated rings. The van der Waals surface area contributed by atoms with Crippen molar-refractivity contribution in [2.24, 2.45) is 0 Å². The number of hydrogen-bond donors (Lipinski definition) is 1. The van der Waals surface area contributed by atoms with Gasteiger partial charge in [0.15, 0.2) is 0 Å². The van der Waals surface area contributed by atoms with Crippen molar-refractivity contribution in [2.45, 2.75) is 38.9 Å². The third kappa shape index (κ3) is 4.02. The first-order valence-corrected chi connectivity index (χ1v) is 9.37. The number of nitrogens with one attached hydrogen (secondary N) is 1. The summed E-state index contributed by atoms with van der Waals surface area (Å²) in [6.45, 7) is 4.55. The van der Waals surface area contributed by atoms with E-state index in [0.29, 0.717) is 31.7 Å². The Morgan fingerprint density at radius 1 is 1.13 bits per heavy atom. The van der Waals surface area contributed by atoms with Crippen molar-refractivity contribution in [1.29, 1.82) is 0 Å². The molecule has 0 spiro atoms. The minimum absolute atomic E-state index is 0.0771. The number of halogens is 3. The van der Waals surface area contributed by atoms with Crippen molar-refractivity contribution < 1.29 is 18.0 Å². The van der Waals surface area contributed by atoms with Crippen molar-refractivity contribution in [3.8, 4) is 0 Å². The van der Waals surface area contributed by atoms with Gasteiger partial charge < -0.3 is 10.2 Å². The van der Waals surface area contributed by atoms with Crippen LogP contribution in [-0.2, 0) is 6.18 Å². The van der Waals surface area contributed by atoms with E-state index in [9.17, 15) is 18.0 Å². The average molecular weight is 420 g/mol. The van der Waals surface area contributed by atoms with Gasteiger partial charge in [-0.25, -0.2) is 19.5 Å². The number of piperidine rings is 1. The van der Waals surface area contributed by atoms with E-state index in [2.05, 4.69) is 30.4 Å². The molecule has 30 heavy (non-hydrogen) atoms. The van der Waals surface area contributed by atoms with Gasteiger partial charge in [-0.05, 0) is 32.8 Å². The average Bonchev–Trinajstić information content (AvgIpc) is 3.12. The van der Waals surface area contributed by atoms with Crippen molar-refractivity contribution in [3.05, 3.63) is 41.4 Å². The van der Waals surface area contributed by atoms with Crippen molar-refractivity contribution in [1.82, 2.24) is 34.4 Å². The van der Waals surface area contributed by atoms with Crippen LogP contribution < -0.4 is 5.32 Å². The Kier molecular flexibility index (Phi) is 5.00. The van der Waals surface area contributed by atoms with E-state index in [0.717, 1.165) is 23.8 Å². The first-order chi connectivity index (χ1) is 14.2. The van der Waals surface area contributed by atoms with Gasteiger partial charge in [-0.15, -0.1) is 5.10 Å². The summed E-state index contributed by atoms with van der Waals surface area (Å²) in [7, 11) is 0. The van der Waals surface area contributed by atoms with Crippen LogP contribution in [0.2, 0.25) is 0 Å². The van der Waals surface area contributed by atoms with E-state index in [4.69, 9.17) is 0 Å². The Hall–Kier alpha value is -3.31. The number of aromatic nitrogens is 6. The molecule has 0 saturated carbocycles. The molecule has 1 aliphatic rings. The summed E-state index contributed by atoms with van der Waals surface area (Å²) in [5.74, 6) is 0.267. The van der Waals surface area contributed by atoms with Crippen LogP contribution in [0.25, 0.3) is 5.78 Å². The van der Waals surface area contributed by atoms with E-state index in [1.807, 2.05) is 19.9 Å². The van der Waals surface area contributed by atoms with E-state index in [-0.39, 0.29) is 23.6 Å². The molecule has 1 saturated heterocycles. The smallest absolute Gasteiger partial charge is 0.367 e. The maximum Gasteiger partial charge on any atom is 0.433 e. The zero-order valence-electron chi connectivity index (χ0n) is 16.3. The summed E-state index contributed by atoms with van der Waals surface area (Å²) in [4.78, 5) is 30.0. The molecular formula is C18H19F3N8O. The fraction of sp³-hybridized carbons (Fsp3) is 0.444. The summed E-state index contributed by atoms with van der Waals surface area (Å²) in [6.07, 6.45) is -2.53. The number of hydrogen-bond acceptors (Lipinski definition) is 7. The van der Waals surface area contributed by atoms with Crippen LogP contribution in [0.15, 0.2) is 18.5 Å². The molecule has 1 amide bonds. The topological polar surface area (TPSA) is 101 Å². The molecule has 1 N–H and O–H groups in total. The Bertz CT molecular complexity index is 1090. The second kappa shape index (κ2) is 7.50. The van der Waals surface area contributed by atoms with Gasteiger partial charge in [-0.3, -0.25) is 4.79 Å². The Morgan fingerprint density at radius 2 is 1.87 bits per heavy atom. The predicted octanol–water partition coefficient (Wildman–Crippen LogP) is 2.27. The van der Waals surface area contributed by atoms with Crippen molar-refractivity contribution in [3.63, 3.8) is 0 Å². The molecule has 3 aromatic heterocycles. The second-order valence-corrected chi connectivity index (χ2v) is 7.18. The fourth-order valence-corrected chi connectivity index (χ4v) is 3.43. The maximum atomic E-state index is 12.8. The van der Waals surface area contributed by atoms with Gasteiger partial charge in [-0.1, -0.05) is 0 Å². The number of likely N-dealkylation sites (tertiary alicyclic amines) is 1. The van der Waals surface area contributed by atoms with Crippen LogP contribution in [0.5, 0.6) is 0 Å². The van der Waals surface area contributed by atoms with Gasteiger partial charge >= 0.3 is 6.18 Å². The zero-order chi connectivity index (χ0) is 21.5. The first-order valence-electron chi connectivity index (χ1n) is 9.37. The molecule has 0 aliphatic carbocycles. The molecule has 0 radical (unpaired) electrons. The molecule has 12 heteroatoms. The predicted molar refractivity (Wildman–Crippen MR) is 99.8 cm³/mol. The van der Waals surface area contributed by atoms with Gasteiger partial charge in [0.2, 0.25) is 5.82 Å². The van der Waals surface area contributed by atoms with Gasteiger partial charge in [0.1, 0.15) is 17.8 Å². The lowest BCUT2D eigenvalue weighted by atomic mass is 10.0. The highest BCUT2D eigenvalue weighted by atomic mass is 19.4. The molecule has 4 rings (SSSR count). The van der Waals surface area contributed by atoms with E-state index in [1.54, 1.807) is 4.90 Å². The monoisotopic (exact) mass is 420 g/mol. The lowest BCUT2D eigenvalue weighted by molar-refractivity contribution is -0.141. The van der Waals surface area contributed by atoms with Gasteiger partial charge in [0.25, 0.3) is 11.7 Å². The highest BCUT2D eigenvalue weighted by molar-refractivity contribution is 5.91. The molecule has 158 valence electrons. The van der Waals surface area contributed by atoms with Crippen LogP contribution in [0.1, 0.15) is 40.5 Å². The number of rotatable bonds is 3. The molecule has 0 aromatic carbocycles. The number of fused-ring (bicyclic) bond motifs is 1. The second-order valence-electron chi connectivity index (χ2n) is 7.18. The summed E-state index contributed by atoms with van der Waals surface area (Å²) in [5, 5.41) is 7.25. The minimum atomic E-state index is -4.53. The highest BCUT2D eigenvalue weighted by Crippen LogP contribution is 2.28. The third-order valence-corrected chi connectivity index (χ3v) is 4.90. The third-order valence-electron chi connectivity index (χ3n) is 4.90. The molecule has 0 unspecified atom stereocenters. The van der Waals surface area contributed by atoms with E-state index < -0.39 is 11.9 Å².